The molecule has 1 amide bonds. The standard InChI is InChI=1S/C13H22N4O2/c1-10(2)17-11(4-5-15-17)8-16-6-7-19-13(3,9-16)12(14)18/h4-5,10H,6-9H2,1-3H3,(H2,14,18). The van der Waals surface area contributed by atoms with Crippen LogP contribution in [-0.2, 0) is 16.1 Å². The number of hydrogen-bond acceptors (Lipinski definition) is 4. The average Bonchev–Trinajstić information content (AvgIpc) is 2.77. The van der Waals surface area contributed by atoms with Crippen molar-refractivity contribution in [3.05, 3.63) is 18.0 Å². The van der Waals surface area contributed by atoms with Crippen molar-refractivity contribution in [2.45, 2.75) is 39.0 Å². The van der Waals surface area contributed by atoms with Crippen LogP contribution in [0.2, 0.25) is 0 Å². The van der Waals surface area contributed by atoms with E-state index in [-0.39, 0.29) is 0 Å². The van der Waals surface area contributed by atoms with E-state index >= 15 is 0 Å². The molecule has 1 aromatic rings. The number of nitrogens with zero attached hydrogens (tertiary/aromatic N) is 3. The first-order valence-corrected chi connectivity index (χ1v) is 6.61. The molecule has 0 bridgehead atoms. The quantitative estimate of drug-likeness (QED) is 0.863. The van der Waals surface area contributed by atoms with Crippen molar-refractivity contribution in [3.8, 4) is 0 Å². The molecule has 106 valence electrons. The van der Waals surface area contributed by atoms with E-state index in [4.69, 9.17) is 10.5 Å². The third-order valence-corrected chi connectivity index (χ3v) is 3.50. The first-order valence-electron chi connectivity index (χ1n) is 6.61. The minimum atomic E-state index is -0.888. The molecule has 2 heterocycles. The lowest BCUT2D eigenvalue weighted by molar-refractivity contribution is -0.153. The van der Waals surface area contributed by atoms with Crippen LogP contribution in [0.25, 0.3) is 0 Å². The first-order chi connectivity index (χ1) is 8.92. The Morgan fingerprint density at radius 1 is 1.63 bits per heavy atom. The van der Waals surface area contributed by atoms with Crippen LogP contribution in [-0.4, -0.2) is 45.9 Å². The Kier molecular flexibility index (Phi) is 3.91. The molecule has 2 N–H and O–H groups in total. The summed E-state index contributed by atoms with van der Waals surface area (Å²) in [7, 11) is 0. The summed E-state index contributed by atoms with van der Waals surface area (Å²) in [5, 5.41) is 4.32. The van der Waals surface area contributed by atoms with E-state index in [0.717, 1.165) is 18.8 Å². The number of ether oxygens (including phenoxy) is 1. The van der Waals surface area contributed by atoms with Gasteiger partial charge in [-0.15, -0.1) is 0 Å². The maximum Gasteiger partial charge on any atom is 0.250 e. The summed E-state index contributed by atoms with van der Waals surface area (Å²) in [5.74, 6) is -0.408. The molecule has 0 aliphatic carbocycles. The van der Waals surface area contributed by atoms with Gasteiger partial charge in [0.05, 0.1) is 12.3 Å². The Morgan fingerprint density at radius 2 is 2.37 bits per heavy atom. The summed E-state index contributed by atoms with van der Waals surface area (Å²) in [6.45, 7) is 8.55. The second-order valence-corrected chi connectivity index (χ2v) is 5.52. The molecule has 19 heavy (non-hydrogen) atoms. The van der Waals surface area contributed by atoms with Gasteiger partial charge < -0.3 is 10.5 Å². The number of aromatic nitrogens is 2. The second-order valence-electron chi connectivity index (χ2n) is 5.52. The van der Waals surface area contributed by atoms with Crippen molar-refractivity contribution in [2.75, 3.05) is 19.7 Å². The first kappa shape index (κ1) is 14.0. The maximum atomic E-state index is 11.5. The summed E-state index contributed by atoms with van der Waals surface area (Å²) in [6.07, 6.45) is 1.81. The molecular weight excluding hydrogens is 244 g/mol. The highest BCUT2D eigenvalue weighted by Gasteiger charge is 2.37. The van der Waals surface area contributed by atoms with Crippen molar-refractivity contribution in [1.29, 1.82) is 0 Å². The molecule has 1 fully saturated rings. The third-order valence-electron chi connectivity index (χ3n) is 3.50. The zero-order chi connectivity index (χ0) is 14.0. The van der Waals surface area contributed by atoms with E-state index in [1.165, 1.54) is 0 Å². The molecule has 1 aliphatic heterocycles. The predicted molar refractivity (Wildman–Crippen MR) is 71.4 cm³/mol. The average molecular weight is 266 g/mol. The fraction of sp³-hybridized carbons (Fsp3) is 0.692. The van der Waals surface area contributed by atoms with Gasteiger partial charge in [0.15, 0.2) is 5.60 Å². The van der Waals surface area contributed by atoms with Gasteiger partial charge in [-0.3, -0.25) is 14.4 Å². The molecule has 6 nitrogen and oxygen atoms in total. The van der Waals surface area contributed by atoms with Gasteiger partial charge in [0.25, 0.3) is 5.91 Å². The van der Waals surface area contributed by atoms with Crippen LogP contribution in [0.4, 0.5) is 0 Å². The SMILES string of the molecule is CC(C)n1nccc1CN1CCOC(C)(C(N)=O)C1. The summed E-state index contributed by atoms with van der Waals surface area (Å²) in [6, 6.07) is 2.34. The van der Waals surface area contributed by atoms with Crippen LogP contribution in [0, 0.1) is 0 Å². The van der Waals surface area contributed by atoms with Gasteiger partial charge in [-0.25, -0.2) is 0 Å². The molecule has 0 radical (unpaired) electrons. The van der Waals surface area contributed by atoms with Crippen LogP contribution in [0.5, 0.6) is 0 Å². The van der Waals surface area contributed by atoms with Gasteiger partial charge in [0, 0.05) is 31.9 Å². The second kappa shape index (κ2) is 5.30. The molecule has 1 unspecified atom stereocenters. The highest BCUT2D eigenvalue weighted by molar-refractivity contribution is 5.83. The highest BCUT2D eigenvalue weighted by atomic mass is 16.5. The van der Waals surface area contributed by atoms with E-state index < -0.39 is 11.5 Å². The number of hydrogen-bond donors (Lipinski definition) is 1. The number of primary amides is 1. The predicted octanol–water partition coefficient (Wildman–Crippen LogP) is 0.540. The third kappa shape index (κ3) is 2.96. The van der Waals surface area contributed by atoms with Gasteiger partial charge in [0.2, 0.25) is 0 Å². The van der Waals surface area contributed by atoms with Gasteiger partial charge in [0.1, 0.15) is 0 Å². The molecule has 1 aliphatic rings. The molecule has 1 atom stereocenters. The van der Waals surface area contributed by atoms with Gasteiger partial charge in [-0.2, -0.15) is 5.10 Å². The zero-order valence-electron chi connectivity index (χ0n) is 11.8. The minimum absolute atomic E-state index is 0.327. The lowest BCUT2D eigenvalue weighted by atomic mass is 10.0. The minimum Gasteiger partial charge on any atom is -0.367 e. The number of rotatable bonds is 4. The van der Waals surface area contributed by atoms with E-state index in [1.807, 2.05) is 16.9 Å². The smallest absolute Gasteiger partial charge is 0.250 e. The van der Waals surface area contributed by atoms with E-state index in [1.54, 1.807) is 6.92 Å². The molecule has 6 heteroatoms. The lowest BCUT2D eigenvalue weighted by Crippen LogP contribution is -2.56. The Labute approximate surface area is 113 Å². The van der Waals surface area contributed by atoms with Crippen LogP contribution < -0.4 is 5.73 Å². The van der Waals surface area contributed by atoms with Gasteiger partial charge in [-0.1, -0.05) is 0 Å². The largest absolute Gasteiger partial charge is 0.367 e. The molecular formula is C13H22N4O2. The normalized spacial score (nSPS) is 24.8. The molecule has 2 rings (SSSR count). The lowest BCUT2D eigenvalue weighted by Gasteiger charge is -2.38. The summed E-state index contributed by atoms with van der Waals surface area (Å²) >= 11 is 0. The van der Waals surface area contributed by atoms with Crippen LogP contribution in [0.3, 0.4) is 0 Å². The number of carbonyl (C=O) groups is 1. The summed E-state index contributed by atoms with van der Waals surface area (Å²) in [5.41, 5.74) is 5.66. The van der Waals surface area contributed by atoms with E-state index in [2.05, 4.69) is 23.8 Å². The van der Waals surface area contributed by atoms with Gasteiger partial charge in [-0.05, 0) is 26.8 Å². The van der Waals surface area contributed by atoms with Crippen molar-refractivity contribution in [3.63, 3.8) is 0 Å². The molecule has 1 aromatic heterocycles. The van der Waals surface area contributed by atoms with Crippen LogP contribution in [0.1, 0.15) is 32.5 Å². The summed E-state index contributed by atoms with van der Waals surface area (Å²) < 4.78 is 7.51. The highest BCUT2D eigenvalue weighted by Crippen LogP contribution is 2.19. The van der Waals surface area contributed by atoms with Crippen molar-refractivity contribution >= 4 is 5.91 Å². The monoisotopic (exact) mass is 266 g/mol. The number of nitrogens with two attached hydrogens (primary N) is 1. The topological polar surface area (TPSA) is 73.4 Å². The Balaban J connectivity index is 2.07. The Hall–Kier alpha value is -1.40. The zero-order valence-corrected chi connectivity index (χ0v) is 11.8. The van der Waals surface area contributed by atoms with Crippen molar-refractivity contribution in [2.24, 2.45) is 5.73 Å². The maximum absolute atomic E-state index is 11.5. The number of carbonyl (C=O) groups excluding carboxylic acids is 1. The number of morpholine rings is 1. The van der Waals surface area contributed by atoms with Crippen molar-refractivity contribution in [1.82, 2.24) is 14.7 Å². The molecule has 0 aromatic carbocycles. The van der Waals surface area contributed by atoms with E-state index in [9.17, 15) is 4.79 Å². The molecule has 1 saturated heterocycles. The van der Waals surface area contributed by atoms with E-state index in [0.29, 0.717) is 19.2 Å². The molecule has 0 spiro atoms. The molecule has 0 saturated carbocycles. The van der Waals surface area contributed by atoms with Crippen molar-refractivity contribution < 1.29 is 9.53 Å². The van der Waals surface area contributed by atoms with Crippen LogP contribution >= 0.6 is 0 Å². The van der Waals surface area contributed by atoms with Gasteiger partial charge >= 0.3 is 0 Å². The Morgan fingerprint density at radius 3 is 3.00 bits per heavy atom. The fourth-order valence-corrected chi connectivity index (χ4v) is 2.40. The fourth-order valence-electron chi connectivity index (χ4n) is 2.40. The summed E-state index contributed by atoms with van der Waals surface area (Å²) in [4.78, 5) is 13.6. The Bertz CT molecular complexity index is 457. The number of amides is 1. The van der Waals surface area contributed by atoms with Crippen LogP contribution in [0.15, 0.2) is 12.3 Å².